The van der Waals surface area contributed by atoms with Crippen LogP contribution in [0, 0.1) is 0 Å². The molecule has 1 aliphatic rings. The SMILES string of the molecule is [2H]c1cc(-c2ccc3c(=O)n(CCS(C)(=O)=O)ncc3c2)cc2c1C=C(C(=O)N(CCC)CCC)CC(N)=N2. The molecule has 200 valence electrons. The van der Waals surface area contributed by atoms with E-state index >= 15 is 0 Å². The molecule has 10 heteroatoms. The van der Waals surface area contributed by atoms with Gasteiger partial charge in [0.2, 0.25) is 5.91 Å². The monoisotopic (exact) mass is 536 g/mol. The lowest BCUT2D eigenvalue weighted by atomic mass is 9.99. The first-order valence-corrected chi connectivity index (χ1v) is 14.7. The molecular formula is C28H33N5O4S. The number of amidine groups is 1. The van der Waals surface area contributed by atoms with Gasteiger partial charge in [-0.15, -0.1) is 0 Å². The van der Waals surface area contributed by atoms with E-state index in [9.17, 15) is 18.0 Å². The molecule has 0 spiro atoms. The highest BCUT2D eigenvalue weighted by atomic mass is 32.2. The summed E-state index contributed by atoms with van der Waals surface area (Å²) in [6.45, 7) is 5.35. The number of nitrogens with zero attached hydrogens (tertiary/aromatic N) is 4. The van der Waals surface area contributed by atoms with Crippen LogP contribution in [0.2, 0.25) is 0 Å². The van der Waals surface area contributed by atoms with Gasteiger partial charge in [0.1, 0.15) is 15.7 Å². The molecular weight excluding hydrogens is 502 g/mol. The van der Waals surface area contributed by atoms with Crippen LogP contribution in [0.1, 0.15) is 40.0 Å². The maximum absolute atomic E-state index is 13.3. The summed E-state index contributed by atoms with van der Waals surface area (Å²) in [5.41, 5.74) is 8.86. The lowest BCUT2D eigenvalue weighted by molar-refractivity contribution is -0.127. The minimum atomic E-state index is -3.23. The molecule has 1 amide bonds. The summed E-state index contributed by atoms with van der Waals surface area (Å²) in [5.74, 6) is 0.0403. The van der Waals surface area contributed by atoms with Gasteiger partial charge in [0, 0.05) is 42.3 Å². The molecule has 9 nitrogen and oxygen atoms in total. The molecule has 38 heavy (non-hydrogen) atoms. The summed E-state index contributed by atoms with van der Waals surface area (Å²) >= 11 is 0. The Kier molecular flexibility index (Phi) is 7.69. The standard InChI is InChI=1S/C28H33N5O4S/c1-4-10-32(11-5-2)27(34)22-15-21-7-6-20(16-25(21)31-26(29)17-22)19-8-9-24-23(14-19)18-30-33(28(24)35)12-13-38(3,36)37/h6-9,14-16,18H,4-5,10-13,17H2,1-3H3,(H2,29,31)/i7D. The van der Waals surface area contributed by atoms with E-state index < -0.39 is 9.84 Å². The third-order valence-electron chi connectivity index (χ3n) is 6.31. The Morgan fingerprint density at radius 2 is 1.87 bits per heavy atom. The van der Waals surface area contributed by atoms with Crippen molar-refractivity contribution in [1.29, 1.82) is 0 Å². The molecule has 0 fully saturated rings. The van der Waals surface area contributed by atoms with Crippen LogP contribution < -0.4 is 11.3 Å². The van der Waals surface area contributed by atoms with Gasteiger partial charge in [-0.05, 0) is 48.2 Å². The Morgan fingerprint density at radius 3 is 2.55 bits per heavy atom. The molecule has 1 aliphatic heterocycles. The van der Waals surface area contributed by atoms with Gasteiger partial charge < -0.3 is 10.6 Å². The van der Waals surface area contributed by atoms with Gasteiger partial charge in [-0.2, -0.15) is 5.10 Å². The Morgan fingerprint density at radius 1 is 1.16 bits per heavy atom. The van der Waals surface area contributed by atoms with Crippen molar-refractivity contribution in [3.63, 3.8) is 0 Å². The normalized spacial score (nSPS) is 13.8. The Bertz CT molecular complexity index is 1650. The fraction of sp³-hybridized carbons (Fsp3) is 0.357. The van der Waals surface area contributed by atoms with Crippen LogP contribution in [0.5, 0.6) is 0 Å². The van der Waals surface area contributed by atoms with Crippen LogP contribution in [0.4, 0.5) is 5.69 Å². The molecule has 0 saturated carbocycles. The van der Waals surface area contributed by atoms with Gasteiger partial charge >= 0.3 is 0 Å². The minimum Gasteiger partial charge on any atom is -0.387 e. The number of amides is 1. The van der Waals surface area contributed by atoms with E-state index in [1.807, 2.05) is 24.8 Å². The third-order valence-corrected chi connectivity index (χ3v) is 7.24. The third kappa shape index (κ3) is 6.19. The summed E-state index contributed by atoms with van der Waals surface area (Å²) in [6.07, 6.45) is 6.28. The molecule has 0 bridgehead atoms. The van der Waals surface area contributed by atoms with Crippen molar-refractivity contribution in [2.75, 3.05) is 25.1 Å². The minimum absolute atomic E-state index is 0.0194. The van der Waals surface area contributed by atoms with E-state index in [2.05, 4.69) is 10.1 Å². The highest BCUT2D eigenvalue weighted by Crippen LogP contribution is 2.33. The lowest BCUT2D eigenvalue weighted by Crippen LogP contribution is -2.34. The van der Waals surface area contributed by atoms with E-state index in [0.717, 1.165) is 29.3 Å². The fourth-order valence-corrected chi connectivity index (χ4v) is 4.96. The Hall–Kier alpha value is -3.79. The van der Waals surface area contributed by atoms with E-state index in [1.165, 1.54) is 6.20 Å². The number of hydrogen-bond donors (Lipinski definition) is 1. The molecule has 0 unspecified atom stereocenters. The van der Waals surface area contributed by atoms with Gasteiger partial charge in [0.05, 0.1) is 30.9 Å². The molecule has 3 aromatic rings. The smallest absolute Gasteiger partial charge is 0.274 e. The average Bonchev–Trinajstić information content (AvgIpc) is 3.05. The van der Waals surface area contributed by atoms with Crippen molar-refractivity contribution in [1.82, 2.24) is 14.7 Å². The van der Waals surface area contributed by atoms with Gasteiger partial charge in [0.25, 0.3) is 5.56 Å². The van der Waals surface area contributed by atoms with Crippen molar-refractivity contribution in [2.45, 2.75) is 39.7 Å². The van der Waals surface area contributed by atoms with Crippen LogP contribution in [0.15, 0.2) is 57.9 Å². The molecule has 2 N–H and O–H groups in total. The fourth-order valence-electron chi connectivity index (χ4n) is 4.46. The molecule has 0 aliphatic carbocycles. The molecule has 1 aromatic heterocycles. The predicted molar refractivity (Wildman–Crippen MR) is 152 cm³/mol. The largest absolute Gasteiger partial charge is 0.387 e. The van der Waals surface area contributed by atoms with Gasteiger partial charge in [-0.1, -0.05) is 32.0 Å². The highest BCUT2D eigenvalue weighted by Gasteiger charge is 2.21. The quantitative estimate of drug-likeness (QED) is 0.446. The number of aliphatic imine (C=N–C) groups is 1. The first kappa shape index (κ1) is 25.8. The second-order valence-electron chi connectivity index (χ2n) is 9.53. The van der Waals surface area contributed by atoms with Gasteiger partial charge in [-0.25, -0.2) is 18.1 Å². The zero-order chi connectivity index (χ0) is 28.3. The molecule has 0 saturated heterocycles. The van der Waals surface area contributed by atoms with Crippen LogP contribution in [-0.4, -0.2) is 59.9 Å². The topological polar surface area (TPSA) is 128 Å². The first-order valence-electron chi connectivity index (χ1n) is 13.2. The van der Waals surface area contributed by atoms with Crippen molar-refractivity contribution in [3.05, 3.63) is 64.1 Å². The zero-order valence-corrected chi connectivity index (χ0v) is 22.7. The summed E-state index contributed by atoms with van der Waals surface area (Å²) in [4.78, 5) is 32.5. The number of carbonyl (C=O) groups excluding carboxylic acids is 1. The lowest BCUT2D eigenvalue weighted by Gasteiger charge is -2.22. The van der Waals surface area contributed by atoms with Crippen LogP contribution in [-0.2, 0) is 21.2 Å². The number of hydrogen-bond acceptors (Lipinski definition) is 7. The number of benzene rings is 2. The summed E-state index contributed by atoms with van der Waals surface area (Å²) in [7, 11) is -3.23. The summed E-state index contributed by atoms with van der Waals surface area (Å²) in [5, 5.41) is 5.15. The Balaban J connectivity index is 1.71. The molecule has 2 aromatic carbocycles. The van der Waals surface area contributed by atoms with Crippen molar-refractivity contribution in [3.8, 4) is 11.1 Å². The maximum atomic E-state index is 13.3. The second-order valence-corrected chi connectivity index (χ2v) is 11.8. The Labute approximate surface area is 224 Å². The average molecular weight is 537 g/mol. The van der Waals surface area contributed by atoms with E-state index in [4.69, 9.17) is 7.10 Å². The maximum Gasteiger partial charge on any atom is 0.274 e. The number of carbonyl (C=O) groups is 1. The highest BCUT2D eigenvalue weighted by molar-refractivity contribution is 7.90. The number of fused-ring (bicyclic) bond motifs is 2. The molecule has 0 radical (unpaired) electrons. The van der Waals surface area contributed by atoms with Crippen molar-refractivity contribution in [2.24, 2.45) is 10.7 Å². The van der Waals surface area contributed by atoms with E-state index in [-0.39, 0.29) is 36.2 Å². The van der Waals surface area contributed by atoms with E-state index in [1.54, 1.807) is 30.3 Å². The zero-order valence-electron chi connectivity index (χ0n) is 22.9. The molecule has 2 heterocycles. The van der Waals surface area contributed by atoms with Crippen LogP contribution >= 0.6 is 0 Å². The van der Waals surface area contributed by atoms with Crippen molar-refractivity contribution < 1.29 is 14.6 Å². The van der Waals surface area contributed by atoms with Crippen LogP contribution in [0.25, 0.3) is 28.0 Å². The van der Waals surface area contributed by atoms with E-state index in [0.29, 0.717) is 52.1 Å². The van der Waals surface area contributed by atoms with Crippen molar-refractivity contribution >= 4 is 44.1 Å². The number of rotatable bonds is 9. The number of aromatic nitrogens is 2. The van der Waals surface area contributed by atoms with Gasteiger partial charge in [0.15, 0.2) is 0 Å². The molecule has 4 rings (SSSR count). The summed E-state index contributed by atoms with van der Waals surface area (Å²) in [6, 6.07) is 8.97. The first-order chi connectivity index (χ1) is 18.5. The molecule has 0 atom stereocenters. The van der Waals surface area contributed by atoms with Crippen LogP contribution in [0.3, 0.4) is 0 Å². The number of nitrogens with two attached hydrogens (primary N) is 1. The second kappa shape index (κ2) is 11.3. The predicted octanol–water partition coefficient (Wildman–Crippen LogP) is 3.53. The summed E-state index contributed by atoms with van der Waals surface area (Å²) < 4.78 is 32.9. The number of sulfone groups is 1. The van der Waals surface area contributed by atoms with Gasteiger partial charge in [-0.3, -0.25) is 9.59 Å². The number of aryl methyl sites for hydroxylation is 1.